The zero-order valence-corrected chi connectivity index (χ0v) is 10.6. The van der Waals surface area contributed by atoms with Crippen LogP contribution >= 0.6 is 0 Å². The van der Waals surface area contributed by atoms with Crippen LogP contribution in [0.5, 0.6) is 5.75 Å². The molecule has 100 valence electrons. The van der Waals surface area contributed by atoms with Gasteiger partial charge in [0.1, 0.15) is 11.6 Å². The quantitative estimate of drug-likeness (QED) is 0.705. The predicted octanol–water partition coefficient (Wildman–Crippen LogP) is 1.25. The van der Waals surface area contributed by atoms with Crippen LogP contribution in [-0.2, 0) is 4.79 Å². The number of imidazole rings is 1. The minimum absolute atomic E-state index is 0.0467. The number of hydrogen-bond donors (Lipinski definition) is 3. The van der Waals surface area contributed by atoms with Crippen molar-refractivity contribution in [2.75, 3.05) is 12.3 Å². The molecule has 0 aliphatic heterocycles. The molecule has 0 spiro atoms. The number of carbonyl (C=O) groups excluding carboxylic acids is 1. The van der Waals surface area contributed by atoms with Crippen molar-refractivity contribution in [1.82, 2.24) is 15.3 Å². The van der Waals surface area contributed by atoms with E-state index in [2.05, 4.69) is 15.3 Å². The molecule has 0 saturated heterocycles. The van der Waals surface area contributed by atoms with Gasteiger partial charge in [-0.25, -0.2) is 4.98 Å². The molecule has 2 rings (SSSR count). The molecule has 19 heavy (non-hydrogen) atoms. The number of nitrogens with one attached hydrogen (secondary N) is 2. The largest absolute Gasteiger partial charge is 0.484 e. The number of benzene rings is 1. The van der Waals surface area contributed by atoms with Gasteiger partial charge < -0.3 is 20.8 Å². The molecule has 1 unspecified atom stereocenters. The van der Waals surface area contributed by atoms with Crippen molar-refractivity contribution in [1.29, 1.82) is 0 Å². The fourth-order valence-corrected chi connectivity index (χ4v) is 1.58. The van der Waals surface area contributed by atoms with E-state index in [1.807, 2.05) is 6.92 Å². The Bertz CT molecular complexity index is 522. The molecule has 0 aliphatic rings. The second-order valence-electron chi connectivity index (χ2n) is 4.12. The minimum Gasteiger partial charge on any atom is -0.484 e. The number of ether oxygens (including phenoxy) is 1. The van der Waals surface area contributed by atoms with Gasteiger partial charge in [0, 0.05) is 18.1 Å². The predicted molar refractivity (Wildman–Crippen MR) is 71.5 cm³/mol. The zero-order chi connectivity index (χ0) is 13.7. The first kappa shape index (κ1) is 12.9. The van der Waals surface area contributed by atoms with Crippen LogP contribution in [0.15, 0.2) is 36.7 Å². The number of H-pyrrole nitrogens is 1. The van der Waals surface area contributed by atoms with E-state index >= 15 is 0 Å². The highest BCUT2D eigenvalue weighted by atomic mass is 16.5. The van der Waals surface area contributed by atoms with Crippen LogP contribution in [0.3, 0.4) is 0 Å². The maximum absolute atomic E-state index is 11.7. The molecule has 0 aliphatic carbocycles. The third-order valence-electron chi connectivity index (χ3n) is 2.56. The number of amides is 1. The average molecular weight is 260 g/mol. The summed E-state index contributed by atoms with van der Waals surface area (Å²) >= 11 is 0. The van der Waals surface area contributed by atoms with Gasteiger partial charge in [-0.3, -0.25) is 4.79 Å². The normalized spacial score (nSPS) is 11.8. The van der Waals surface area contributed by atoms with Crippen LogP contribution in [-0.4, -0.2) is 22.5 Å². The Morgan fingerprint density at radius 2 is 2.21 bits per heavy atom. The summed E-state index contributed by atoms with van der Waals surface area (Å²) in [6, 6.07) is 6.70. The molecule has 1 amide bonds. The first-order valence-electron chi connectivity index (χ1n) is 5.92. The summed E-state index contributed by atoms with van der Waals surface area (Å²) in [5, 5.41) is 2.78. The van der Waals surface area contributed by atoms with Crippen molar-refractivity contribution < 1.29 is 9.53 Å². The smallest absolute Gasteiger partial charge is 0.258 e. The number of aromatic nitrogens is 2. The summed E-state index contributed by atoms with van der Waals surface area (Å²) in [6.45, 7) is 1.80. The van der Waals surface area contributed by atoms with Gasteiger partial charge in [-0.2, -0.15) is 0 Å². The van der Waals surface area contributed by atoms with Crippen molar-refractivity contribution in [3.05, 3.63) is 42.5 Å². The first-order valence-corrected chi connectivity index (χ1v) is 5.92. The van der Waals surface area contributed by atoms with Crippen LogP contribution in [0.25, 0.3) is 0 Å². The molecule has 1 heterocycles. The number of aromatic amines is 1. The highest BCUT2D eigenvalue weighted by Gasteiger charge is 2.11. The van der Waals surface area contributed by atoms with Crippen molar-refractivity contribution >= 4 is 11.6 Å². The second kappa shape index (κ2) is 5.90. The molecule has 1 aromatic heterocycles. The highest BCUT2D eigenvalue weighted by molar-refractivity contribution is 5.77. The number of nitrogen functional groups attached to an aromatic ring is 1. The molecule has 6 nitrogen and oxygen atoms in total. The third kappa shape index (κ3) is 3.74. The lowest BCUT2D eigenvalue weighted by Crippen LogP contribution is -2.31. The van der Waals surface area contributed by atoms with Gasteiger partial charge in [0.2, 0.25) is 0 Å². The maximum atomic E-state index is 11.7. The van der Waals surface area contributed by atoms with Crippen molar-refractivity contribution in [3.8, 4) is 5.75 Å². The lowest BCUT2D eigenvalue weighted by atomic mass is 10.3. The molecule has 1 aromatic carbocycles. The monoisotopic (exact) mass is 260 g/mol. The van der Waals surface area contributed by atoms with Crippen LogP contribution < -0.4 is 15.8 Å². The Balaban J connectivity index is 1.80. The van der Waals surface area contributed by atoms with E-state index in [1.165, 1.54) is 0 Å². The van der Waals surface area contributed by atoms with E-state index in [0.717, 1.165) is 0 Å². The van der Waals surface area contributed by atoms with Gasteiger partial charge in [-0.1, -0.05) is 0 Å². The number of carbonyl (C=O) groups is 1. The highest BCUT2D eigenvalue weighted by Crippen LogP contribution is 2.13. The lowest BCUT2D eigenvalue weighted by molar-refractivity contribution is -0.123. The number of anilines is 1. The summed E-state index contributed by atoms with van der Waals surface area (Å²) in [4.78, 5) is 18.7. The first-order chi connectivity index (χ1) is 9.15. The van der Waals surface area contributed by atoms with Crippen molar-refractivity contribution in [2.24, 2.45) is 0 Å². The van der Waals surface area contributed by atoms with Crippen molar-refractivity contribution in [3.63, 3.8) is 0 Å². The SMILES string of the molecule is CC(NC(=O)COc1ccc(N)cc1)c1ncc[nH]1. The van der Waals surface area contributed by atoms with E-state index in [1.54, 1.807) is 36.7 Å². The van der Waals surface area contributed by atoms with Crippen LogP contribution in [0, 0.1) is 0 Å². The number of nitrogens with two attached hydrogens (primary N) is 1. The fraction of sp³-hybridized carbons (Fsp3) is 0.231. The summed E-state index contributed by atoms with van der Waals surface area (Å²) in [5.41, 5.74) is 6.21. The Morgan fingerprint density at radius 3 is 2.84 bits per heavy atom. The van der Waals surface area contributed by atoms with Crippen LogP contribution in [0.4, 0.5) is 5.69 Å². The lowest BCUT2D eigenvalue weighted by Gasteiger charge is -2.12. The molecule has 2 aromatic rings. The van der Waals surface area contributed by atoms with E-state index < -0.39 is 0 Å². The van der Waals surface area contributed by atoms with Gasteiger partial charge in [-0.15, -0.1) is 0 Å². The molecule has 0 bridgehead atoms. The standard InChI is InChI=1S/C13H16N4O2/c1-9(13-15-6-7-16-13)17-12(18)8-19-11-4-2-10(14)3-5-11/h2-7,9H,8,14H2,1H3,(H,15,16)(H,17,18). The summed E-state index contributed by atoms with van der Waals surface area (Å²) in [7, 11) is 0. The van der Waals surface area contributed by atoms with Crippen LogP contribution in [0.2, 0.25) is 0 Å². The summed E-state index contributed by atoms with van der Waals surface area (Å²) < 4.78 is 5.34. The zero-order valence-electron chi connectivity index (χ0n) is 10.6. The second-order valence-corrected chi connectivity index (χ2v) is 4.12. The van der Waals surface area contributed by atoms with E-state index in [-0.39, 0.29) is 18.6 Å². The molecular weight excluding hydrogens is 244 g/mol. The van der Waals surface area contributed by atoms with Gasteiger partial charge in [-0.05, 0) is 31.2 Å². The average Bonchev–Trinajstić information content (AvgIpc) is 2.92. The molecular formula is C13H16N4O2. The molecule has 0 fully saturated rings. The number of hydrogen-bond acceptors (Lipinski definition) is 4. The third-order valence-corrected chi connectivity index (χ3v) is 2.56. The maximum Gasteiger partial charge on any atom is 0.258 e. The Labute approximate surface area is 111 Å². The molecule has 0 saturated carbocycles. The Kier molecular flexibility index (Phi) is 4.02. The molecule has 4 N–H and O–H groups in total. The Hall–Kier alpha value is -2.50. The molecule has 6 heteroatoms. The van der Waals surface area contributed by atoms with Gasteiger partial charge in [0.05, 0.1) is 6.04 Å². The fourth-order valence-electron chi connectivity index (χ4n) is 1.58. The minimum atomic E-state index is -0.208. The van der Waals surface area contributed by atoms with E-state index in [9.17, 15) is 4.79 Å². The number of nitrogens with zero attached hydrogens (tertiary/aromatic N) is 1. The number of rotatable bonds is 5. The topological polar surface area (TPSA) is 93.0 Å². The summed E-state index contributed by atoms with van der Waals surface area (Å²) in [5.74, 6) is 1.11. The van der Waals surface area contributed by atoms with E-state index in [0.29, 0.717) is 17.3 Å². The molecule has 1 atom stereocenters. The van der Waals surface area contributed by atoms with Crippen molar-refractivity contribution in [2.45, 2.75) is 13.0 Å². The Morgan fingerprint density at radius 1 is 1.47 bits per heavy atom. The van der Waals surface area contributed by atoms with Gasteiger partial charge >= 0.3 is 0 Å². The summed E-state index contributed by atoms with van der Waals surface area (Å²) in [6.07, 6.45) is 3.35. The van der Waals surface area contributed by atoms with Gasteiger partial charge in [0.25, 0.3) is 5.91 Å². The molecule has 0 radical (unpaired) electrons. The van der Waals surface area contributed by atoms with E-state index in [4.69, 9.17) is 10.5 Å². The van der Waals surface area contributed by atoms with Gasteiger partial charge in [0.15, 0.2) is 6.61 Å². The van der Waals surface area contributed by atoms with Crippen LogP contribution in [0.1, 0.15) is 18.8 Å².